The third-order valence-corrected chi connectivity index (χ3v) is 4.16. The monoisotopic (exact) mass is 288 g/mol. The van der Waals surface area contributed by atoms with E-state index in [4.69, 9.17) is 4.52 Å². The van der Waals surface area contributed by atoms with Crippen LogP contribution in [0.4, 0.5) is 4.39 Å². The van der Waals surface area contributed by atoms with Gasteiger partial charge in [0, 0.05) is 18.2 Å². The molecule has 3 nitrogen and oxygen atoms in total. The summed E-state index contributed by atoms with van der Waals surface area (Å²) in [4.78, 5) is 2.28. The molecule has 0 N–H and O–H groups in total. The summed E-state index contributed by atoms with van der Waals surface area (Å²) in [5.74, 6) is 1.14. The second-order valence-corrected chi connectivity index (χ2v) is 6.03. The third-order valence-electron chi connectivity index (χ3n) is 4.16. The van der Waals surface area contributed by atoms with Crippen LogP contribution in [0, 0.1) is 5.82 Å². The molecule has 1 aromatic carbocycles. The number of likely N-dealkylation sites (tertiary alicyclic amines) is 1. The molecule has 21 heavy (non-hydrogen) atoms. The second kappa shape index (κ2) is 5.98. The Morgan fingerprint density at radius 2 is 2.19 bits per heavy atom. The molecule has 112 valence electrons. The van der Waals surface area contributed by atoms with Crippen LogP contribution in [-0.2, 0) is 6.54 Å². The van der Waals surface area contributed by atoms with Gasteiger partial charge in [-0.1, -0.05) is 37.2 Å². The van der Waals surface area contributed by atoms with E-state index in [-0.39, 0.29) is 11.9 Å². The summed E-state index contributed by atoms with van der Waals surface area (Å²) in [6, 6.07) is 9.25. The molecule has 0 amide bonds. The topological polar surface area (TPSA) is 29.3 Å². The molecule has 0 radical (unpaired) electrons. The summed E-state index contributed by atoms with van der Waals surface area (Å²) in [5, 5.41) is 4.14. The van der Waals surface area contributed by atoms with Crippen LogP contribution in [0.15, 0.2) is 34.9 Å². The fraction of sp³-hybridized carbons (Fsp3) is 0.471. The van der Waals surface area contributed by atoms with Crippen molar-refractivity contribution in [1.29, 1.82) is 0 Å². The van der Waals surface area contributed by atoms with Gasteiger partial charge in [0.15, 0.2) is 5.76 Å². The van der Waals surface area contributed by atoms with Crippen molar-refractivity contribution in [3.05, 3.63) is 53.2 Å². The first kappa shape index (κ1) is 14.3. The smallest absolute Gasteiger partial charge is 0.154 e. The Morgan fingerprint density at radius 3 is 2.90 bits per heavy atom. The van der Waals surface area contributed by atoms with Crippen molar-refractivity contribution in [2.75, 3.05) is 6.54 Å². The first-order valence-corrected chi connectivity index (χ1v) is 7.59. The molecule has 2 aromatic rings. The summed E-state index contributed by atoms with van der Waals surface area (Å²) >= 11 is 0. The number of halogens is 1. The molecule has 1 aromatic heterocycles. The van der Waals surface area contributed by atoms with Gasteiger partial charge in [-0.2, -0.15) is 0 Å². The summed E-state index contributed by atoms with van der Waals surface area (Å²) in [7, 11) is 0. The molecule has 0 bridgehead atoms. The average Bonchev–Trinajstić information content (AvgIpc) is 3.09. The molecule has 1 atom stereocenters. The lowest BCUT2D eigenvalue weighted by Gasteiger charge is -2.22. The molecule has 1 saturated heterocycles. The van der Waals surface area contributed by atoms with Gasteiger partial charge in [-0.25, -0.2) is 4.39 Å². The molecule has 0 unspecified atom stereocenters. The number of rotatable bonds is 4. The first-order chi connectivity index (χ1) is 10.1. The van der Waals surface area contributed by atoms with E-state index in [1.807, 2.05) is 12.1 Å². The van der Waals surface area contributed by atoms with Crippen LogP contribution in [0.2, 0.25) is 0 Å². The molecule has 1 aliphatic rings. The summed E-state index contributed by atoms with van der Waals surface area (Å²) < 4.78 is 19.3. The van der Waals surface area contributed by atoms with Crippen molar-refractivity contribution < 1.29 is 8.91 Å². The molecule has 0 spiro atoms. The molecule has 1 aliphatic heterocycles. The van der Waals surface area contributed by atoms with E-state index in [1.54, 1.807) is 6.07 Å². The molecular formula is C17H21FN2O. The Hall–Kier alpha value is -1.68. The van der Waals surface area contributed by atoms with Crippen molar-refractivity contribution in [2.45, 2.75) is 45.2 Å². The van der Waals surface area contributed by atoms with E-state index < -0.39 is 0 Å². The zero-order chi connectivity index (χ0) is 14.8. The van der Waals surface area contributed by atoms with Crippen molar-refractivity contribution in [3.8, 4) is 0 Å². The predicted octanol–water partition coefficient (Wildman–Crippen LogP) is 4.27. The number of benzene rings is 1. The van der Waals surface area contributed by atoms with Gasteiger partial charge in [0.05, 0.1) is 11.7 Å². The van der Waals surface area contributed by atoms with Crippen molar-refractivity contribution in [3.63, 3.8) is 0 Å². The van der Waals surface area contributed by atoms with Gasteiger partial charge < -0.3 is 4.52 Å². The molecule has 2 heterocycles. The Kier molecular flexibility index (Phi) is 4.06. The quantitative estimate of drug-likeness (QED) is 0.841. The zero-order valence-corrected chi connectivity index (χ0v) is 12.6. The van der Waals surface area contributed by atoms with Gasteiger partial charge in [-0.05, 0) is 31.4 Å². The first-order valence-electron chi connectivity index (χ1n) is 7.59. The molecule has 4 heteroatoms. The van der Waals surface area contributed by atoms with E-state index in [1.165, 1.54) is 6.07 Å². The van der Waals surface area contributed by atoms with Crippen LogP contribution in [-0.4, -0.2) is 16.6 Å². The van der Waals surface area contributed by atoms with Crippen molar-refractivity contribution in [1.82, 2.24) is 10.1 Å². The average molecular weight is 288 g/mol. The fourth-order valence-electron chi connectivity index (χ4n) is 2.92. The van der Waals surface area contributed by atoms with Crippen LogP contribution >= 0.6 is 0 Å². The second-order valence-electron chi connectivity index (χ2n) is 6.03. The van der Waals surface area contributed by atoms with Crippen LogP contribution < -0.4 is 0 Å². The summed E-state index contributed by atoms with van der Waals surface area (Å²) in [5.41, 5.74) is 1.73. The van der Waals surface area contributed by atoms with Gasteiger partial charge in [-0.15, -0.1) is 0 Å². The maximum Gasteiger partial charge on any atom is 0.154 e. The minimum Gasteiger partial charge on any atom is -0.359 e. The van der Waals surface area contributed by atoms with Crippen LogP contribution in [0.5, 0.6) is 0 Å². The third kappa shape index (κ3) is 3.00. The summed E-state index contributed by atoms with van der Waals surface area (Å²) in [6.45, 7) is 5.80. The number of hydrogen-bond donors (Lipinski definition) is 0. The van der Waals surface area contributed by atoms with Gasteiger partial charge in [0.25, 0.3) is 0 Å². The van der Waals surface area contributed by atoms with Gasteiger partial charge >= 0.3 is 0 Å². The SMILES string of the molecule is CC(C)c1cc([C@H]2CCCN2Cc2ccccc2F)on1. The highest BCUT2D eigenvalue weighted by atomic mass is 19.1. The highest BCUT2D eigenvalue weighted by Gasteiger charge is 2.30. The lowest BCUT2D eigenvalue weighted by Crippen LogP contribution is -2.23. The molecule has 0 aliphatic carbocycles. The Balaban J connectivity index is 1.77. The number of aromatic nitrogens is 1. The summed E-state index contributed by atoms with van der Waals surface area (Å²) in [6.07, 6.45) is 2.15. The molecule has 1 fully saturated rings. The maximum atomic E-state index is 13.8. The highest BCUT2D eigenvalue weighted by molar-refractivity contribution is 5.19. The Labute approximate surface area is 124 Å². The lowest BCUT2D eigenvalue weighted by molar-refractivity contribution is 0.204. The largest absolute Gasteiger partial charge is 0.359 e. The van der Waals surface area contributed by atoms with Crippen LogP contribution in [0.25, 0.3) is 0 Å². The molecule has 3 rings (SSSR count). The lowest BCUT2D eigenvalue weighted by atomic mass is 10.1. The fourth-order valence-corrected chi connectivity index (χ4v) is 2.92. The standard InChI is InChI=1S/C17H21FN2O/c1-12(2)15-10-17(21-19-15)16-8-5-9-20(16)11-13-6-3-4-7-14(13)18/h3-4,6-7,10,12,16H,5,8-9,11H2,1-2H3/t16-/m1/s1. The number of nitrogens with zero attached hydrogens (tertiary/aromatic N) is 2. The van der Waals surface area contributed by atoms with E-state index >= 15 is 0 Å². The van der Waals surface area contributed by atoms with Gasteiger partial charge in [0.2, 0.25) is 0 Å². The Morgan fingerprint density at radius 1 is 1.38 bits per heavy atom. The van der Waals surface area contributed by atoms with Gasteiger partial charge in [0.1, 0.15) is 5.82 Å². The zero-order valence-electron chi connectivity index (χ0n) is 12.6. The van der Waals surface area contributed by atoms with E-state index in [2.05, 4.69) is 30.0 Å². The van der Waals surface area contributed by atoms with E-state index in [0.717, 1.165) is 36.4 Å². The minimum atomic E-state index is -0.136. The van der Waals surface area contributed by atoms with E-state index in [9.17, 15) is 4.39 Å². The normalized spacial score (nSPS) is 19.5. The van der Waals surface area contributed by atoms with Gasteiger partial charge in [-0.3, -0.25) is 4.90 Å². The minimum absolute atomic E-state index is 0.136. The van der Waals surface area contributed by atoms with Crippen LogP contribution in [0.1, 0.15) is 55.7 Å². The predicted molar refractivity (Wildman–Crippen MR) is 79.4 cm³/mol. The van der Waals surface area contributed by atoms with Crippen molar-refractivity contribution in [2.24, 2.45) is 0 Å². The Bertz CT molecular complexity index is 608. The van der Waals surface area contributed by atoms with Crippen LogP contribution in [0.3, 0.4) is 0 Å². The number of hydrogen-bond acceptors (Lipinski definition) is 3. The maximum absolute atomic E-state index is 13.8. The van der Waals surface area contributed by atoms with Crippen molar-refractivity contribution >= 4 is 0 Å². The van der Waals surface area contributed by atoms with E-state index in [0.29, 0.717) is 12.5 Å². The molecule has 0 saturated carbocycles. The molecular weight excluding hydrogens is 267 g/mol. The highest BCUT2D eigenvalue weighted by Crippen LogP contribution is 2.34.